The van der Waals surface area contributed by atoms with Crippen molar-refractivity contribution in [3.63, 3.8) is 0 Å². The molecule has 31 heavy (non-hydrogen) atoms. The van der Waals surface area contributed by atoms with Crippen LogP contribution in [0.4, 0.5) is 0 Å². The number of nitrogens with zero attached hydrogens (tertiary/aromatic N) is 1. The topological polar surface area (TPSA) is 60.3 Å². The Hall–Kier alpha value is -1.51. The van der Waals surface area contributed by atoms with E-state index in [1.54, 1.807) is 12.3 Å². The molecule has 0 bridgehead atoms. The summed E-state index contributed by atoms with van der Waals surface area (Å²) in [6, 6.07) is 0. The third-order valence-electron chi connectivity index (χ3n) is 5.87. The molecule has 3 N–H and O–H groups in total. The van der Waals surface area contributed by atoms with E-state index in [-0.39, 0.29) is 0 Å². The maximum atomic E-state index is 5.63. The lowest BCUT2D eigenvalue weighted by molar-refractivity contribution is 0.322. The van der Waals surface area contributed by atoms with Crippen LogP contribution in [0.15, 0.2) is 41.3 Å². The monoisotopic (exact) mass is 433 g/mol. The highest BCUT2D eigenvalue weighted by molar-refractivity contribution is 5.79. The van der Waals surface area contributed by atoms with Crippen LogP contribution in [-0.2, 0) is 0 Å². The second-order valence-electron chi connectivity index (χ2n) is 8.36. The Kier molecular flexibility index (Phi) is 22.2. The Labute approximate surface area is 195 Å². The molecular formula is C28H55N3. The van der Waals surface area contributed by atoms with Crippen LogP contribution in [0.5, 0.6) is 0 Å². The van der Waals surface area contributed by atoms with Crippen molar-refractivity contribution in [2.75, 3.05) is 6.54 Å². The molecule has 0 saturated heterocycles. The van der Waals surface area contributed by atoms with E-state index in [1.807, 2.05) is 47.8 Å². The van der Waals surface area contributed by atoms with E-state index in [9.17, 15) is 0 Å². The zero-order valence-corrected chi connectivity index (χ0v) is 22.2. The first kappa shape index (κ1) is 31.7. The normalized spacial score (nSPS) is 26.6. The molecule has 0 aromatic rings. The van der Waals surface area contributed by atoms with Crippen molar-refractivity contribution < 1.29 is 0 Å². The second kappa shape index (κ2) is 21.7. The highest BCUT2D eigenvalue weighted by Crippen LogP contribution is 2.34. The highest BCUT2D eigenvalue weighted by atomic mass is 15.0. The van der Waals surface area contributed by atoms with Gasteiger partial charge in [0, 0.05) is 30.6 Å². The van der Waals surface area contributed by atoms with Gasteiger partial charge in [-0.15, -0.1) is 6.58 Å². The lowest BCUT2D eigenvalue weighted by Gasteiger charge is -2.26. The third kappa shape index (κ3) is 15.9. The molecule has 1 aliphatic heterocycles. The van der Waals surface area contributed by atoms with Gasteiger partial charge in [-0.3, -0.25) is 4.99 Å². The smallest absolute Gasteiger partial charge is 0.0361 e. The van der Waals surface area contributed by atoms with Gasteiger partial charge in [0.2, 0.25) is 0 Å². The summed E-state index contributed by atoms with van der Waals surface area (Å²) in [5.74, 6) is 3.44. The van der Waals surface area contributed by atoms with Crippen LogP contribution in [0.3, 0.4) is 0 Å². The zero-order chi connectivity index (χ0) is 24.1. The van der Waals surface area contributed by atoms with Crippen LogP contribution >= 0.6 is 0 Å². The molecule has 182 valence electrons. The average molecular weight is 434 g/mol. The van der Waals surface area contributed by atoms with Crippen molar-refractivity contribution in [2.24, 2.45) is 34.4 Å². The molecule has 0 amide bonds. The van der Waals surface area contributed by atoms with Gasteiger partial charge in [-0.1, -0.05) is 73.3 Å². The number of nitrogens with one attached hydrogen (secondary N) is 1. The van der Waals surface area contributed by atoms with Crippen molar-refractivity contribution in [1.82, 2.24) is 5.32 Å². The van der Waals surface area contributed by atoms with Crippen LogP contribution in [0.25, 0.3) is 0 Å². The van der Waals surface area contributed by atoms with Gasteiger partial charge in [-0.05, 0) is 69.1 Å². The van der Waals surface area contributed by atoms with Gasteiger partial charge in [0.1, 0.15) is 0 Å². The predicted octanol–water partition coefficient (Wildman–Crippen LogP) is 8.25. The standard InChI is InChI=1S/C12H22N2.C9H15N.C3H6.2C2H6/c1-3-14-9-12(8-13)11-6-4-10(2)5-7-11;1-7-2-4-8(5-3-7)9-6-10-9;1-3-2;2*1-2/h8-11H,3-7,13H2,1-2H3;6-8,10H,2-5H2,1H3;3H,1H2,2H3;2*1-2H3/b12-8+,14-9?;;;;. The van der Waals surface area contributed by atoms with Gasteiger partial charge in [-0.25, -0.2) is 0 Å². The molecule has 3 heteroatoms. The van der Waals surface area contributed by atoms with Gasteiger partial charge in [0.15, 0.2) is 0 Å². The fraction of sp³-hybridized carbons (Fsp3) is 0.750. The van der Waals surface area contributed by atoms with Gasteiger partial charge in [0.05, 0.1) is 0 Å². The fourth-order valence-electron chi connectivity index (χ4n) is 3.92. The first-order valence-electron chi connectivity index (χ1n) is 13.0. The summed E-state index contributed by atoms with van der Waals surface area (Å²) in [4.78, 5) is 4.26. The van der Waals surface area contributed by atoms with E-state index in [0.29, 0.717) is 5.92 Å². The quantitative estimate of drug-likeness (QED) is 0.346. The van der Waals surface area contributed by atoms with Crippen LogP contribution in [0.1, 0.15) is 107 Å². The summed E-state index contributed by atoms with van der Waals surface area (Å²) >= 11 is 0. The maximum absolute atomic E-state index is 5.63. The van der Waals surface area contributed by atoms with Gasteiger partial charge in [0.25, 0.3) is 0 Å². The Bertz CT molecular complexity index is 488. The molecule has 0 atom stereocenters. The average Bonchev–Trinajstić information content (AvgIpc) is 3.65. The Morgan fingerprint density at radius 1 is 1.00 bits per heavy atom. The second-order valence-corrected chi connectivity index (χ2v) is 8.36. The van der Waals surface area contributed by atoms with Gasteiger partial charge < -0.3 is 11.1 Å². The number of allylic oxidation sites excluding steroid dienone is 3. The first-order chi connectivity index (χ1) is 15.0. The Morgan fingerprint density at radius 2 is 1.42 bits per heavy atom. The Balaban J connectivity index is 0. The Morgan fingerprint density at radius 3 is 1.77 bits per heavy atom. The molecule has 3 nitrogen and oxygen atoms in total. The lowest BCUT2D eigenvalue weighted by Crippen LogP contribution is -2.16. The van der Waals surface area contributed by atoms with Crippen molar-refractivity contribution in [1.29, 1.82) is 0 Å². The minimum atomic E-state index is 0.659. The van der Waals surface area contributed by atoms with Gasteiger partial charge in [-0.2, -0.15) is 0 Å². The summed E-state index contributed by atoms with van der Waals surface area (Å²) < 4.78 is 0. The molecule has 0 unspecified atom stereocenters. The van der Waals surface area contributed by atoms with E-state index in [1.165, 1.54) is 62.6 Å². The van der Waals surface area contributed by atoms with E-state index >= 15 is 0 Å². The van der Waals surface area contributed by atoms with Crippen molar-refractivity contribution in [3.05, 3.63) is 36.3 Å². The summed E-state index contributed by atoms with van der Waals surface area (Å²) in [6.07, 6.45) is 18.5. The number of aliphatic imine (C=N–C) groups is 1. The molecule has 0 aromatic heterocycles. The van der Waals surface area contributed by atoms with E-state index in [4.69, 9.17) is 5.73 Å². The molecule has 3 rings (SSSR count). The van der Waals surface area contributed by atoms with Crippen LogP contribution in [-0.4, -0.2) is 12.8 Å². The summed E-state index contributed by atoms with van der Waals surface area (Å²) in [7, 11) is 0. The summed E-state index contributed by atoms with van der Waals surface area (Å²) in [5.41, 5.74) is 8.38. The molecule has 2 aliphatic carbocycles. The van der Waals surface area contributed by atoms with E-state index in [2.05, 4.69) is 36.9 Å². The number of rotatable bonds is 4. The molecule has 3 aliphatic rings. The fourth-order valence-corrected chi connectivity index (χ4v) is 3.92. The molecular weight excluding hydrogens is 378 g/mol. The summed E-state index contributed by atoms with van der Waals surface area (Å²) in [5, 5.41) is 3.21. The van der Waals surface area contributed by atoms with Crippen LogP contribution in [0, 0.1) is 23.7 Å². The SMILES string of the molecule is C=CC.CC.CC.CC1CCC(C2=CN2)CC1.CCN=C/C(=C\N)C1CCC(C)CC1. The molecule has 2 saturated carbocycles. The maximum Gasteiger partial charge on any atom is 0.0361 e. The molecule has 0 spiro atoms. The van der Waals surface area contributed by atoms with Crippen molar-refractivity contribution in [3.8, 4) is 0 Å². The predicted molar refractivity (Wildman–Crippen MR) is 143 cm³/mol. The summed E-state index contributed by atoms with van der Waals surface area (Å²) in [6.45, 7) is 20.8. The number of hydrogen-bond acceptors (Lipinski definition) is 3. The van der Waals surface area contributed by atoms with Crippen molar-refractivity contribution >= 4 is 6.21 Å². The highest BCUT2D eigenvalue weighted by Gasteiger charge is 2.24. The molecule has 0 radical (unpaired) electrons. The number of hydrogen-bond donors (Lipinski definition) is 2. The third-order valence-corrected chi connectivity index (χ3v) is 5.87. The lowest BCUT2D eigenvalue weighted by atomic mass is 9.79. The minimum Gasteiger partial charge on any atom is -0.404 e. The molecule has 1 heterocycles. The number of nitrogens with two attached hydrogens (primary N) is 1. The van der Waals surface area contributed by atoms with E-state index in [0.717, 1.165) is 24.3 Å². The minimum absolute atomic E-state index is 0.659. The first-order valence-corrected chi connectivity index (χ1v) is 13.0. The molecule has 2 fully saturated rings. The largest absolute Gasteiger partial charge is 0.404 e. The van der Waals surface area contributed by atoms with Crippen molar-refractivity contribution in [2.45, 2.75) is 107 Å². The van der Waals surface area contributed by atoms with E-state index < -0.39 is 0 Å². The van der Waals surface area contributed by atoms with Crippen LogP contribution < -0.4 is 11.1 Å². The van der Waals surface area contributed by atoms with Crippen LogP contribution in [0.2, 0.25) is 0 Å². The molecule has 0 aromatic carbocycles. The zero-order valence-electron chi connectivity index (χ0n) is 22.2. The van der Waals surface area contributed by atoms with Gasteiger partial charge >= 0.3 is 0 Å².